The van der Waals surface area contributed by atoms with Gasteiger partial charge >= 0.3 is 17.5 Å². The van der Waals surface area contributed by atoms with Crippen molar-refractivity contribution in [1.82, 2.24) is 15.5 Å². The summed E-state index contributed by atoms with van der Waals surface area (Å²) >= 11 is -0.299. The molecule has 1 aliphatic heterocycles. The number of alkyl halides is 3. The van der Waals surface area contributed by atoms with Crippen molar-refractivity contribution in [3.05, 3.63) is 0 Å². The van der Waals surface area contributed by atoms with Crippen LogP contribution in [-0.4, -0.2) is 64.9 Å². The van der Waals surface area contributed by atoms with Crippen molar-refractivity contribution < 1.29 is 32.7 Å². The number of carbonyl (C=O) groups excluding carboxylic acids is 2. The molecule has 11 heteroatoms. The van der Waals surface area contributed by atoms with E-state index in [-0.39, 0.29) is 24.9 Å². The standard InChI is InChI=1S/C9H12F3N3O4S/c10-9(11,12)20-2-1-13-8(19)15-4-6(16)14-3-5(15)7(17)18/h5H,1-4H2,(H,13,19)(H,14,16)(H,17,18). The number of hydrogen-bond acceptors (Lipinski definition) is 4. The molecule has 1 aliphatic rings. The van der Waals surface area contributed by atoms with E-state index < -0.39 is 41.8 Å². The second kappa shape index (κ2) is 6.68. The van der Waals surface area contributed by atoms with Crippen molar-refractivity contribution in [2.75, 3.05) is 25.4 Å². The summed E-state index contributed by atoms with van der Waals surface area (Å²) in [6, 6.07) is -2.11. The van der Waals surface area contributed by atoms with Crippen molar-refractivity contribution in [3.63, 3.8) is 0 Å². The van der Waals surface area contributed by atoms with Crippen molar-refractivity contribution in [1.29, 1.82) is 0 Å². The summed E-state index contributed by atoms with van der Waals surface area (Å²) in [5, 5.41) is 13.3. The lowest BCUT2D eigenvalue weighted by molar-refractivity contribution is -0.144. The highest BCUT2D eigenvalue weighted by Gasteiger charge is 2.35. The van der Waals surface area contributed by atoms with Crippen LogP contribution in [0, 0.1) is 0 Å². The van der Waals surface area contributed by atoms with Crippen molar-refractivity contribution in [2.24, 2.45) is 0 Å². The summed E-state index contributed by atoms with van der Waals surface area (Å²) in [5.41, 5.74) is -4.39. The SMILES string of the molecule is O=C1CN(C(=O)NCCSC(F)(F)F)C(C(=O)O)CN1. The Hall–Kier alpha value is -1.65. The first-order valence-electron chi connectivity index (χ1n) is 5.45. The van der Waals surface area contributed by atoms with E-state index in [9.17, 15) is 27.6 Å². The maximum Gasteiger partial charge on any atom is 0.441 e. The molecule has 0 aromatic carbocycles. The number of halogens is 3. The lowest BCUT2D eigenvalue weighted by Crippen LogP contribution is -2.61. The van der Waals surface area contributed by atoms with E-state index >= 15 is 0 Å². The Bertz CT molecular complexity index is 404. The molecule has 0 aliphatic carbocycles. The van der Waals surface area contributed by atoms with E-state index in [0.717, 1.165) is 4.90 Å². The molecule has 0 bridgehead atoms. The number of amides is 3. The van der Waals surface area contributed by atoms with Gasteiger partial charge in [0.25, 0.3) is 0 Å². The lowest BCUT2D eigenvalue weighted by atomic mass is 10.2. The van der Waals surface area contributed by atoms with Gasteiger partial charge in [0, 0.05) is 18.8 Å². The Morgan fingerprint density at radius 1 is 1.50 bits per heavy atom. The van der Waals surface area contributed by atoms with Gasteiger partial charge in [0.1, 0.15) is 12.6 Å². The smallest absolute Gasteiger partial charge is 0.441 e. The number of piperazine rings is 1. The van der Waals surface area contributed by atoms with E-state index in [1.807, 2.05) is 0 Å². The molecule has 0 aromatic rings. The third kappa shape index (κ3) is 5.15. The van der Waals surface area contributed by atoms with Crippen LogP contribution < -0.4 is 10.6 Å². The molecule has 0 spiro atoms. The van der Waals surface area contributed by atoms with E-state index in [0.29, 0.717) is 0 Å². The van der Waals surface area contributed by atoms with Crippen LogP contribution in [-0.2, 0) is 9.59 Å². The normalized spacial score (nSPS) is 19.4. The Balaban J connectivity index is 2.47. The van der Waals surface area contributed by atoms with Crippen LogP contribution in [0.5, 0.6) is 0 Å². The van der Waals surface area contributed by atoms with Crippen LogP contribution in [0.4, 0.5) is 18.0 Å². The van der Waals surface area contributed by atoms with Crippen molar-refractivity contribution in [2.45, 2.75) is 11.6 Å². The second-order valence-corrected chi connectivity index (χ2v) is 4.97. The zero-order chi connectivity index (χ0) is 15.3. The van der Waals surface area contributed by atoms with Gasteiger partial charge in [-0.15, -0.1) is 0 Å². The molecule has 0 saturated carbocycles. The molecule has 0 aromatic heterocycles. The number of nitrogens with one attached hydrogen (secondary N) is 2. The zero-order valence-electron chi connectivity index (χ0n) is 10.1. The first-order valence-corrected chi connectivity index (χ1v) is 6.44. The van der Waals surface area contributed by atoms with Crippen LogP contribution >= 0.6 is 11.8 Å². The lowest BCUT2D eigenvalue weighted by Gasteiger charge is -2.32. The summed E-state index contributed by atoms with van der Waals surface area (Å²) in [6.07, 6.45) is 0. The Kier molecular flexibility index (Phi) is 5.48. The molecular weight excluding hydrogens is 303 g/mol. The third-order valence-electron chi connectivity index (χ3n) is 2.37. The minimum absolute atomic E-state index is 0.237. The van der Waals surface area contributed by atoms with Gasteiger partial charge in [-0.1, -0.05) is 0 Å². The molecule has 1 fully saturated rings. The summed E-state index contributed by atoms with van der Waals surface area (Å²) in [5.74, 6) is -2.22. The van der Waals surface area contributed by atoms with Crippen LogP contribution in [0.3, 0.4) is 0 Å². The number of aliphatic carboxylic acids is 1. The molecule has 1 rings (SSSR count). The van der Waals surface area contributed by atoms with Gasteiger partial charge in [-0.25, -0.2) is 9.59 Å². The first-order chi connectivity index (χ1) is 9.20. The average molecular weight is 315 g/mol. The van der Waals surface area contributed by atoms with Gasteiger partial charge in [-0.2, -0.15) is 13.2 Å². The molecular formula is C9H12F3N3O4S. The van der Waals surface area contributed by atoms with E-state index in [1.165, 1.54) is 0 Å². The van der Waals surface area contributed by atoms with Crippen molar-refractivity contribution >= 4 is 29.7 Å². The van der Waals surface area contributed by atoms with Crippen LogP contribution in [0.2, 0.25) is 0 Å². The number of rotatable bonds is 4. The Morgan fingerprint density at radius 3 is 2.70 bits per heavy atom. The van der Waals surface area contributed by atoms with Gasteiger partial charge in [-0.3, -0.25) is 9.69 Å². The Morgan fingerprint density at radius 2 is 2.15 bits per heavy atom. The molecule has 0 radical (unpaired) electrons. The number of nitrogens with zero attached hydrogens (tertiary/aromatic N) is 1. The monoisotopic (exact) mass is 315 g/mol. The fraction of sp³-hybridized carbons (Fsp3) is 0.667. The zero-order valence-corrected chi connectivity index (χ0v) is 10.9. The number of carbonyl (C=O) groups is 3. The van der Waals surface area contributed by atoms with Crippen LogP contribution in [0.15, 0.2) is 0 Å². The third-order valence-corrected chi connectivity index (χ3v) is 3.11. The first kappa shape index (κ1) is 16.4. The van der Waals surface area contributed by atoms with Crippen LogP contribution in [0.1, 0.15) is 0 Å². The molecule has 114 valence electrons. The molecule has 20 heavy (non-hydrogen) atoms. The predicted octanol–water partition coefficient (Wildman–Crippen LogP) is -0.166. The highest BCUT2D eigenvalue weighted by atomic mass is 32.2. The predicted molar refractivity (Wildman–Crippen MR) is 63.1 cm³/mol. The topological polar surface area (TPSA) is 98.7 Å². The highest BCUT2D eigenvalue weighted by Crippen LogP contribution is 2.29. The maximum absolute atomic E-state index is 11.9. The van der Waals surface area contributed by atoms with Gasteiger partial charge in [0.05, 0.1) is 0 Å². The summed E-state index contributed by atoms with van der Waals surface area (Å²) < 4.78 is 35.6. The van der Waals surface area contributed by atoms with E-state index in [4.69, 9.17) is 5.11 Å². The molecule has 1 saturated heterocycles. The van der Waals surface area contributed by atoms with Gasteiger partial charge < -0.3 is 15.7 Å². The molecule has 7 nitrogen and oxygen atoms in total. The fourth-order valence-corrected chi connectivity index (χ4v) is 1.94. The van der Waals surface area contributed by atoms with Gasteiger partial charge in [0.15, 0.2) is 0 Å². The molecule has 3 amide bonds. The minimum atomic E-state index is -4.39. The number of hydrogen-bond donors (Lipinski definition) is 3. The molecule has 1 atom stereocenters. The van der Waals surface area contributed by atoms with Crippen molar-refractivity contribution in [3.8, 4) is 0 Å². The number of thioether (sulfide) groups is 1. The largest absolute Gasteiger partial charge is 0.480 e. The number of carboxylic acids is 1. The van der Waals surface area contributed by atoms with E-state index in [1.54, 1.807) is 0 Å². The number of carboxylic acid groups (broad SMARTS) is 1. The van der Waals surface area contributed by atoms with Gasteiger partial charge in [0.2, 0.25) is 5.91 Å². The molecule has 3 N–H and O–H groups in total. The van der Waals surface area contributed by atoms with Gasteiger partial charge in [-0.05, 0) is 11.8 Å². The quantitative estimate of drug-likeness (QED) is 0.626. The minimum Gasteiger partial charge on any atom is -0.480 e. The second-order valence-electron chi connectivity index (χ2n) is 3.81. The molecule has 1 heterocycles. The fourth-order valence-electron chi connectivity index (χ4n) is 1.50. The molecule has 1 unspecified atom stereocenters. The van der Waals surface area contributed by atoms with Crippen LogP contribution in [0.25, 0.3) is 0 Å². The summed E-state index contributed by atoms with van der Waals surface area (Å²) in [7, 11) is 0. The van der Waals surface area contributed by atoms with E-state index in [2.05, 4.69) is 10.6 Å². The average Bonchev–Trinajstić information content (AvgIpc) is 2.32. The Labute approximate surface area is 115 Å². The maximum atomic E-state index is 11.9. The highest BCUT2D eigenvalue weighted by molar-refractivity contribution is 8.00. The summed E-state index contributed by atoms with van der Waals surface area (Å²) in [6.45, 7) is -0.971. The summed E-state index contributed by atoms with van der Waals surface area (Å²) in [4.78, 5) is 34.5. The number of urea groups is 1.